The van der Waals surface area contributed by atoms with Gasteiger partial charge in [-0.2, -0.15) is 0 Å². The highest BCUT2D eigenvalue weighted by Crippen LogP contribution is 2.43. The fourth-order valence-electron chi connectivity index (χ4n) is 1.64. The molecule has 0 heterocycles. The number of hydrogen-bond acceptors (Lipinski definition) is 3. The van der Waals surface area contributed by atoms with E-state index < -0.39 is 6.04 Å². The Morgan fingerprint density at radius 1 is 1.58 bits per heavy atom. The van der Waals surface area contributed by atoms with Crippen LogP contribution in [0.5, 0.6) is 0 Å². The Bertz CT molecular complexity index is 175. The van der Waals surface area contributed by atoms with Gasteiger partial charge in [0.15, 0.2) is 5.78 Å². The highest BCUT2D eigenvalue weighted by Gasteiger charge is 2.34. The van der Waals surface area contributed by atoms with Crippen molar-refractivity contribution in [3.8, 4) is 0 Å². The molecule has 1 atom stereocenters. The maximum atomic E-state index is 11.4. The topological polar surface area (TPSA) is 69.1 Å². The van der Waals surface area contributed by atoms with E-state index in [-0.39, 0.29) is 17.7 Å². The second-order valence-corrected chi connectivity index (χ2v) is 4.15. The van der Waals surface area contributed by atoms with Gasteiger partial charge in [-0.25, -0.2) is 0 Å². The van der Waals surface area contributed by atoms with Gasteiger partial charge in [0.1, 0.15) is 0 Å². The molecule has 3 heteroatoms. The molecule has 3 nitrogen and oxygen atoms in total. The predicted octanol–water partition coefficient (Wildman–Crippen LogP) is 0.422. The third kappa shape index (κ3) is 2.05. The second-order valence-electron chi connectivity index (χ2n) is 4.15. The molecule has 0 radical (unpaired) electrons. The molecule has 1 rings (SSSR count). The minimum absolute atomic E-state index is 0.125. The van der Waals surface area contributed by atoms with Crippen molar-refractivity contribution in [2.24, 2.45) is 16.9 Å². The van der Waals surface area contributed by atoms with Crippen LogP contribution in [0.3, 0.4) is 0 Å². The van der Waals surface area contributed by atoms with Crippen LogP contribution in [0.4, 0.5) is 0 Å². The summed E-state index contributed by atoms with van der Waals surface area (Å²) in [5, 5.41) is 0. The summed E-state index contributed by atoms with van der Waals surface area (Å²) in [4.78, 5) is 11.4. The number of Topliss-reactive ketones (excluding diaryl/α,β-unsaturated/α-hetero) is 1. The van der Waals surface area contributed by atoms with Gasteiger partial charge in [-0.05, 0) is 18.3 Å². The summed E-state index contributed by atoms with van der Waals surface area (Å²) in [5.41, 5.74) is 11.1. The van der Waals surface area contributed by atoms with Gasteiger partial charge in [0.2, 0.25) is 0 Å². The van der Waals surface area contributed by atoms with Gasteiger partial charge in [-0.1, -0.05) is 13.3 Å². The molecule has 1 fully saturated rings. The Kier molecular flexibility index (Phi) is 2.85. The number of ketones is 1. The monoisotopic (exact) mass is 170 g/mol. The number of rotatable bonds is 4. The van der Waals surface area contributed by atoms with Gasteiger partial charge >= 0.3 is 0 Å². The van der Waals surface area contributed by atoms with E-state index in [9.17, 15) is 4.79 Å². The van der Waals surface area contributed by atoms with E-state index in [2.05, 4.69) is 6.92 Å². The molecular weight excluding hydrogens is 152 g/mol. The lowest BCUT2D eigenvalue weighted by atomic mass is 9.67. The first-order chi connectivity index (χ1) is 5.57. The highest BCUT2D eigenvalue weighted by atomic mass is 16.1. The summed E-state index contributed by atoms with van der Waals surface area (Å²) in [6, 6.07) is -0.442. The lowest BCUT2D eigenvalue weighted by Crippen LogP contribution is -2.41. The van der Waals surface area contributed by atoms with Gasteiger partial charge in [0.25, 0.3) is 0 Å². The molecule has 0 unspecified atom stereocenters. The average molecular weight is 170 g/mol. The van der Waals surface area contributed by atoms with Gasteiger partial charge in [-0.15, -0.1) is 0 Å². The van der Waals surface area contributed by atoms with E-state index in [1.54, 1.807) is 0 Å². The fraction of sp³-hybridized carbons (Fsp3) is 0.889. The van der Waals surface area contributed by atoms with E-state index >= 15 is 0 Å². The lowest BCUT2D eigenvalue weighted by Gasteiger charge is -2.38. The Morgan fingerprint density at radius 2 is 2.17 bits per heavy atom. The molecule has 4 N–H and O–H groups in total. The summed E-state index contributed by atoms with van der Waals surface area (Å²) in [6.07, 6.45) is 4.19. The SMILES string of the molecule is CC1(CC(=O)[C@H](N)CN)CCC1. The zero-order valence-corrected chi connectivity index (χ0v) is 7.68. The van der Waals surface area contributed by atoms with Gasteiger partial charge in [0, 0.05) is 13.0 Å². The van der Waals surface area contributed by atoms with E-state index in [0.717, 1.165) is 12.8 Å². The molecule has 1 aliphatic carbocycles. The van der Waals surface area contributed by atoms with Crippen LogP contribution in [-0.4, -0.2) is 18.4 Å². The highest BCUT2D eigenvalue weighted by molar-refractivity contribution is 5.84. The van der Waals surface area contributed by atoms with Crippen molar-refractivity contribution in [2.75, 3.05) is 6.54 Å². The normalized spacial score (nSPS) is 22.9. The average Bonchev–Trinajstić information content (AvgIpc) is 2.00. The minimum atomic E-state index is -0.442. The van der Waals surface area contributed by atoms with E-state index in [1.807, 2.05) is 0 Å². The van der Waals surface area contributed by atoms with Crippen LogP contribution in [0.25, 0.3) is 0 Å². The van der Waals surface area contributed by atoms with Crippen LogP contribution in [0.15, 0.2) is 0 Å². The second kappa shape index (κ2) is 3.54. The molecule has 1 aliphatic rings. The lowest BCUT2D eigenvalue weighted by molar-refractivity contribution is -0.123. The van der Waals surface area contributed by atoms with Crippen LogP contribution in [-0.2, 0) is 4.79 Å². The quantitative estimate of drug-likeness (QED) is 0.642. The van der Waals surface area contributed by atoms with Crippen molar-refractivity contribution in [1.29, 1.82) is 0 Å². The first-order valence-corrected chi connectivity index (χ1v) is 4.56. The van der Waals surface area contributed by atoms with Crippen LogP contribution in [0.1, 0.15) is 32.6 Å². The Morgan fingerprint density at radius 3 is 2.50 bits per heavy atom. The first-order valence-electron chi connectivity index (χ1n) is 4.56. The number of carbonyl (C=O) groups excluding carboxylic acids is 1. The van der Waals surface area contributed by atoms with Crippen molar-refractivity contribution in [3.63, 3.8) is 0 Å². The number of hydrogen-bond donors (Lipinski definition) is 2. The molecule has 0 aromatic heterocycles. The molecule has 0 aromatic carbocycles. The van der Waals surface area contributed by atoms with Gasteiger partial charge in [0.05, 0.1) is 6.04 Å². The summed E-state index contributed by atoms with van der Waals surface area (Å²) in [5.74, 6) is 0.125. The number of carbonyl (C=O) groups is 1. The predicted molar refractivity (Wildman–Crippen MR) is 48.6 cm³/mol. The zero-order chi connectivity index (χ0) is 9.19. The van der Waals surface area contributed by atoms with Crippen molar-refractivity contribution < 1.29 is 4.79 Å². The van der Waals surface area contributed by atoms with E-state index in [1.165, 1.54) is 6.42 Å². The standard InChI is InChI=1S/C9H18N2O/c1-9(3-2-4-9)5-8(12)7(11)6-10/h7H,2-6,10-11H2,1H3/t7-/m1/s1. The van der Waals surface area contributed by atoms with Crippen molar-refractivity contribution in [2.45, 2.75) is 38.6 Å². The molecule has 70 valence electrons. The van der Waals surface area contributed by atoms with Crippen LogP contribution >= 0.6 is 0 Å². The fourth-order valence-corrected chi connectivity index (χ4v) is 1.64. The smallest absolute Gasteiger partial charge is 0.151 e. The molecule has 0 aliphatic heterocycles. The van der Waals surface area contributed by atoms with Gasteiger partial charge < -0.3 is 11.5 Å². The summed E-state index contributed by atoms with van der Waals surface area (Å²) >= 11 is 0. The van der Waals surface area contributed by atoms with Crippen molar-refractivity contribution >= 4 is 5.78 Å². The Labute approximate surface area is 73.5 Å². The van der Waals surface area contributed by atoms with Crippen LogP contribution < -0.4 is 11.5 Å². The number of nitrogens with two attached hydrogens (primary N) is 2. The minimum Gasteiger partial charge on any atom is -0.328 e. The van der Waals surface area contributed by atoms with Gasteiger partial charge in [-0.3, -0.25) is 4.79 Å². The Balaban J connectivity index is 2.35. The van der Waals surface area contributed by atoms with Crippen LogP contribution in [0.2, 0.25) is 0 Å². The van der Waals surface area contributed by atoms with E-state index in [0.29, 0.717) is 6.42 Å². The summed E-state index contributed by atoms with van der Waals surface area (Å²) < 4.78 is 0. The zero-order valence-electron chi connectivity index (χ0n) is 7.68. The van der Waals surface area contributed by atoms with E-state index in [4.69, 9.17) is 11.5 Å². The van der Waals surface area contributed by atoms with Crippen LogP contribution in [0, 0.1) is 5.41 Å². The molecule has 0 saturated heterocycles. The molecular formula is C9H18N2O. The molecule has 0 spiro atoms. The molecule has 0 bridgehead atoms. The largest absolute Gasteiger partial charge is 0.328 e. The van der Waals surface area contributed by atoms with Crippen molar-refractivity contribution in [3.05, 3.63) is 0 Å². The molecule has 12 heavy (non-hydrogen) atoms. The first kappa shape index (κ1) is 9.68. The molecule has 0 aromatic rings. The molecule has 0 amide bonds. The Hall–Kier alpha value is -0.410. The maximum absolute atomic E-state index is 11.4. The maximum Gasteiger partial charge on any atom is 0.151 e. The summed E-state index contributed by atoms with van der Waals surface area (Å²) in [6.45, 7) is 2.42. The summed E-state index contributed by atoms with van der Waals surface area (Å²) in [7, 11) is 0. The third-order valence-corrected chi connectivity index (χ3v) is 2.83. The molecule has 1 saturated carbocycles. The third-order valence-electron chi connectivity index (χ3n) is 2.83. The van der Waals surface area contributed by atoms with Crippen molar-refractivity contribution in [1.82, 2.24) is 0 Å².